The standard InChI is InChI=1S/C9H15NO3S/c1-3-4-5-14-6-8(9(12)13)10-7(2)11/h3-4,8H,5-6H2,1-2H3,(H,10,11)(H,12,13)/b4-3+/t8-/m0/s1. The van der Waals surface area contributed by atoms with Gasteiger partial charge in [-0.25, -0.2) is 4.79 Å². The van der Waals surface area contributed by atoms with E-state index in [1.54, 1.807) is 0 Å². The lowest BCUT2D eigenvalue weighted by Crippen LogP contribution is -2.41. The summed E-state index contributed by atoms with van der Waals surface area (Å²) in [5, 5.41) is 11.1. The predicted molar refractivity (Wildman–Crippen MR) is 57.4 cm³/mol. The van der Waals surface area contributed by atoms with Crippen molar-refractivity contribution in [3.63, 3.8) is 0 Å². The molecule has 0 aromatic heterocycles. The van der Waals surface area contributed by atoms with Gasteiger partial charge in [0, 0.05) is 18.4 Å². The zero-order valence-corrected chi connectivity index (χ0v) is 9.13. The van der Waals surface area contributed by atoms with Gasteiger partial charge in [-0.15, -0.1) is 0 Å². The van der Waals surface area contributed by atoms with Gasteiger partial charge in [0.1, 0.15) is 6.04 Å². The topological polar surface area (TPSA) is 66.4 Å². The maximum Gasteiger partial charge on any atom is 0.327 e. The average molecular weight is 217 g/mol. The first-order valence-electron chi connectivity index (χ1n) is 4.26. The van der Waals surface area contributed by atoms with Crippen LogP contribution in [0, 0.1) is 0 Å². The molecule has 4 nitrogen and oxygen atoms in total. The van der Waals surface area contributed by atoms with Crippen molar-refractivity contribution in [2.75, 3.05) is 11.5 Å². The number of carboxylic acid groups (broad SMARTS) is 1. The fraction of sp³-hybridized carbons (Fsp3) is 0.556. The minimum Gasteiger partial charge on any atom is -0.480 e. The van der Waals surface area contributed by atoms with Gasteiger partial charge < -0.3 is 10.4 Å². The Kier molecular flexibility index (Phi) is 6.92. The third-order valence-electron chi connectivity index (χ3n) is 1.41. The minimum absolute atomic E-state index is 0.316. The molecule has 5 heteroatoms. The molecule has 0 fully saturated rings. The van der Waals surface area contributed by atoms with Crippen molar-refractivity contribution in [3.05, 3.63) is 12.2 Å². The monoisotopic (exact) mass is 217 g/mol. The van der Waals surface area contributed by atoms with Crippen molar-refractivity contribution in [1.82, 2.24) is 5.32 Å². The van der Waals surface area contributed by atoms with E-state index < -0.39 is 12.0 Å². The Balaban J connectivity index is 3.85. The van der Waals surface area contributed by atoms with Crippen LogP contribution in [0.2, 0.25) is 0 Å². The average Bonchev–Trinajstić information content (AvgIpc) is 2.09. The van der Waals surface area contributed by atoms with Crippen molar-refractivity contribution >= 4 is 23.6 Å². The van der Waals surface area contributed by atoms with Crippen LogP contribution in [-0.2, 0) is 9.59 Å². The summed E-state index contributed by atoms with van der Waals surface area (Å²) in [5.74, 6) is -0.156. The zero-order chi connectivity index (χ0) is 11.0. The van der Waals surface area contributed by atoms with Crippen molar-refractivity contribution in [1.29, 1.82) is 0 Å². The van der Waals surface area contributed by atoms with E-state index >= 15 is 0 Å². The molecule has 14 heavy (non-hydrogen) atoms. The quantitative estimate of drug-likeness (QED) is 0.512. The van der Waals surface area contributed by atoms with Gasteiger partial charge in [0.15, 0.2) is 0 Å². The normalized spacial score (nSPS) is 12.7. The van der Waals surface area contributed by atoms with E-state index in [1.807, 2.05) is 19.1 Å². The van der Waals surface area contributed by atoms with Crippen molar-refractivity contribution in [2.45, 2.75) is 19.9 Å². The van der Waals surface area contributed by atoms with Gasteiger partial charge in [0.05, 0.1) is 0 Å². The summed E-state index contributed by atoms with van der Waals surface area (Å²) in [4.78, 5) is 21.3. The molecule has 0 saturated heterocycles. The number of allylic oxidation sites excluding steroid dienone is 1. The summed E-state index contributed by atoms with van der Waals surface area (Å²) in [7, 11) is 0. The number of thioether (sulfide) groups is 1. The molecule has 0 saturated carbocycles. The largest absolute Gasteiger partial charge is 0.480 e. The van der Waals surface area contributed by atoms with Crippen LogP contribution in [0.25, 0.3) is 0 Å². The predicted octanol–water partition coefficient (Wildman–Crippen LogP) is 0.885. The zero-order valence-electron chi connectivity index (χ0n) is 8.32. The molecule has 0 spiro atoms. The van der Waals surface area contributed by atoms with Gasteiger partial charge in [-0.1, -0.05) is 12.2 Å². The number of aliphatic carboxylic acids is 1. The highest BCUT2D eigenvalue weighted by Crippen LogP contribution is 2.03. The van der Waals surface area contributed by atoms with Crippen molar-refractivity contribution in [2.24, 2.45) is 0 Å². The van der Waals surface area contributed by atoms with E-state index in [2.05, 4.69) is 5.32 Å². The SMILES string of the molecule is C/C=C/CSC[C@H](NC(C)=O)C(=O)O. The summed E-state index contributed by atoms with van der Waals surface area (Å²) in [5.41, 5.74) is 0. The van der Waals surface area contributed by atoms with E-state index in [4.69, 9.17) is 5.11 Å². The van der Waals surface area contributed by atoms with E-state index in [1.165, 1.54) is 18.7 Å². The fourth-order valence-electron chi connectivity index (χ4n) is 0.770. The van der Waals surface area contributed by atoms with E-state index in [0.717, 1.165) is 5.75 Å². The molecule has 0 aliphatic rings. The number of nitrogens with one attached hydrogen (secondary N) is 1. The molecule has 0 unspecified atom stereocenters. The van der Waals surface area contributed by atoms with Gasteiger partial charge in [-0.3, -0.25) is 4.79 Å². The molecule has 1 atom stereocenters. The molecule has 0 bridgehead atoms. The second kappa shape index (κ2) is 7.44. The van der Waals surface area contributed by atoms with Crippen LogP contribution < -0.4 is 5.32 Å². The Morgan fingerprint density at radius 2 is 2.21 bits per heavy atom. The van der Waals surface area contributed by atoms with Crippen LogP contribution in [0.4, 0.5) is 0 Å². The third-order valence-corrected chi connectivity index (χ3v) is 2.41. The molecular formula is C9H15NO3S. The molecular weight excluding hydrogens is 202 g/mol. The molecule has 0 heterocycles. The summed E-state index contributed by atoms with van der Waals surface area (Å²) >= 11 is 1.47. The molecule has 0 rings (SSSR count). The first-order valence-corrected chi connectivity index (χ1v) is 5.42. The second-order valence-corrected chi connectivity index (χ2v) is 3.77. The number of carbonyl (C=O) groups excluding carboxylic acids is 1. The Morgan fingerprint density at radius 3 is 2.64 bits per heavy atom. The summed E-state index contributed by atoms with van der Waals surface area (Å²) in [6.07, 6.45) is 3.85. The number of carboxylic acids is 1. The summed E-state index contributed by atoms with van der Waals surface area (Å²) in [6, 6.07) is -0.789. The molecule has 2 N–H and O–H groups in total. The maximum atomic E-state index is 10.7. The fourth-order valence-corrected chi connectivity index (χ4v) is 1.70. The van der Waals surface area contributed by atoms with E-state index in [9.17, 15) is 9.59 Å². The maximum absolute atomic E-state index is 10.7. The first kappa shape index (κ1) is 13.0. The van der Waals surface area contributed by atoms with E-state index in [0.29, 0.717) is 5.75 Å². The highest BCUT2D eigenvalue weighted by atomic mass is 32.2. The number of hydrogen-bond donors (Lipinski definition) is 2. The van der Waals surface area contributed by atoms with Crippen molar-refractivity contribution < 1.29 is 14.7 Å². The number of hydrogen-bond acceptors (Lipinski definition) is 3. The molecule has 0 aromatic rings. The highest BCUT2D eigenvalue weighted by molar-refractivity contribution is 7.99. The molecule has 0 radical (unpaired) electrons. The molecule has 0 aromatic carbocycles. The molecule has 0 aliphatic carbocycles. The second-order valence-electron chi connectivity index (χ2n) is 2.70. The Bertz CT molecular complexity index is 228. The van der Waals surface area contributed by atoms with Gasteiger partial charge in [-0.05, 0) is 6.92 Å². The van der Waals surface area contributed by atoms with Gasteiger partial charge in [0.25, 0.3) is 0 Å². The van der Waals surface area contributed by atoms with Gasteiger partial charge in [-0.2, -0.15) is 11.8 Å². The Labute approximate surface area is 87.8 Å². The third kappa shape index (κ3) is 6.54. The van der Waals surface area contributed by atoms with Crippen LogP contribution in [0.5, 0.6) is 0 Å². The summed E-state index contributed by atoms with van der Waals surface area (Å²) < 4.78 is 0. The van der Waals surface area contributed by atoms with E-state index in [-0.39, 0.29) is 5.91 Å². The van der Waals surface area contributed by atoms with Gasteiger partial charge >= 0.3 is 5.97 Å². The van der Waals surface area contributed by atoms with Crippen LogP contribution in [0.1, 0.15) is 13.8 Å². The Morgan fingerprint density at radius 1 is 1.57 bits per heavy atom. The molecule has 1 amide bonds. The lowest BCUT2D eigenvalue weighted by molar-refractivity contribution is -0.140. The first-order chi connectivity index (χ1) is 6.57. The lowest BCUT2D eigenvalue weighted by Gasteiger charge is -2.11. The number of rotatable bonds is 6. The highest BCUT2D eigenvalue weighted by Gasteiger charge is 2.17. The van der Waals surface area contributed by atoms with Crippen LogP contribution >= 0.6 is 11.8 Å². The minimum atomic E-state index is -0.992. The van der Waals surface area contributed by atoms with Gasteiger partial charge in [0.2, 0.25) is 5.91 Å². The summed E-state index contributed by atoms with van der Waals surface area (Å²) in [6.45, 7) is 3.22. The lowest BCUT2D eigenvalue weighted by atomic mass is 10.3. The Hall–Kier alpha value is -0.970. The van der Waals surface area contributed by atoms with Crippen LogP contribution in [0.15, 0.2) is 12.2 Å². The number of amides is 1. The van der Waals surface area contributed by atoms with Crippen LogP contribution in [0.3, 0.4) is 0 Å². The number of carbonyl (C=O) groups is 2. The van der Waals surface area contributed by atoms with Crippen molar-refractivity contribution in [3.8, 4) is 0 Å². The molecule has 80 valence electrons. The molecule has 0 aliphatic heterocycles. The van der Waals surface area contributed by atoms with Crippen LogP contribution in [-0.4, -0.2) is 34.5 Å². The smallest absolute Gasteiger partial charge is 0.327 e.